The van der Waals surface area contributed by atoms with E-state index in [-0.39, 0.29) is 18.8 Å². The number of ether oxygens (including phenoxy) is 1. The summed E-state index contributed by atoms with van der Waals surface area (Å²) in [6.45, 7) is 0.246. The Kier molecular flexibility index (Phi) is 5.67. The van der Waals surface area contributed by atoms with Gasteiger partial charge < -0.3 is 15.2 Å². The Morgan fingerprint density at radius 2 is 1.76 bits per heavy atom. The molecule has 0 heterocycles. The molecule has 0 aliphatic carbocycles. The Hall–Kier alpha value is -1.49. The number of benzene rings is 2. The van der Waals surface area contributed by atoms with Crippen LogP contribution in [0.1, 0.15) is 0 Å². The Balaban J connectivity index is 1.79. The molecule has 6 heteroatoms. The summed E-state index contributed by atoms with van der Waals surface area (Å²) in [5, 5.41) is 13.5. The molecule has 0 amide bonds. The molecule has 0 radical (unpaired) electrons. The summed E-state index contributed by atoms with van der Waals surface area (Å²) in [6.07, 6.45) is -0.782. The van der Waals surface area contributed by atoms with E-state index in [1.165, 1.54) is 12.1 Å². The van der Waals surface area contributed by atoms with Crippen molar-refractivity contribution in [3.8, 4) is 5.75 Å². The first-order valence-corrected chi connectivity index (χ1v) is 7.05. The maximum atomic E-state index is 13.5. The molecule has 2 rings (SSSR count). The molecule has 0 spiro atoms. The zero-order chi connectivity index (χ0) is 15.2. The first-order chi connectivity index (χ1) is 10.0. The first-order valence-electron chi connectivity index (χ1n) is 6.30. The summed E-state index contributed by atoms with van der Waals surface area (Å²) >= 11 is 11.4. The average Bonchev–Trinajstić information content (AvgIpc) is 2.46. The van der Waals surface area contributed by atoms with Gasteiger partial charge in [0.25, 0.3) is 0 Å². The van der Waals surface area contributed by atoms with E-state index >= 15 is 0 Å². The molecule has 0 aromatic heterocycles. The van der Waals surface area contributed by atoms with Crippen LogP contribution < -0.4 is 10.1 Å². The topological polar surface area (TPSA) is 41.5 Å². The molecule has 1 atom stereocenters. The Bertz CT molecular complexity index is 593. The molecule has 112 valence electrons. The quantitative estimate of drug-likeness (QED) is 0.842. The van der Waals surface area contributed by atoms with Crippen molar-refractivity contribution in [3.05, 3.63) is 58.3 Å². The Labute approximate surface area is 132 Å². The van der Waals surface area contributed by atoms with E-state index < -0.39 is 11.9 Å². The molecule has 0 saturated heterocycles. The van der Waals surface area contributed by atoms with Crippen molar-refractivity contribution in [1.82, 2.24) is 0 Å². The second-order valence-corrected chi connectivity index (χ2v) is 5.30. The van der Waals surface area contributed by atoms with Gasteiger partial charge in [-0.05, 0) is 42.5 Å². The van der Waals surface area contributed by atoms with E-state index in [1.807, 2.05) is 0 Å². The average molecular weight is 330 g/mol. The fraction of sp³-hybridized carbons (Fsp3) is 0.200. The van der Waals surface area contributed by atoms with Crippen molar-refractivity contribution in [2.24, 2.45) is 0 Å². The number of nitrogens with one attached hydrogen (secondary N) is 1. The number of hydrogen-bond acceptors (Lipinski definition) is 3. The maximum Gasteiger partial charge on any atom is 0.147 e. The SMILES string of the molecule is OC(CNc1ccc(Cl)cc1F)COc1ccc(Cl)cc1. The number of anilines is 1. The number of aliphatic hydroxyl groups excluding tert-OH is 1. The molecule has 0 aliphatic rings. The van der Waals surface area contributed by atoms with E-state index in [0.29, 0.717) is 15.8 Å². The highest BCUT2D eigenvalue weighted by molar-refractivity contribution is 6.30. The van der Waals surface area contributed by atoms with Gasteiger partial charge in [-0.3, -0.25) is 0 Å². The maximum absolute atomic E-state index is 13.5. The molecular formula is C15H14Cl2FNO2. The molecule has 0 aliphatic heterocycles. The summed E-state index contributed by atoms with van der Waals surface area (Å²) in [7, 11) is 0. The smallest absolute Gasteiger partial charge is 0.147 e. The van der Waals surface area contributed by atoms with E-state index in [0.717, 1.165) is 0 Å². The zero-order valence-electron chi connectivity index (χ0n) is 11.0. The van der Waals surface area contributed by atoms with Gasteiger partial charge in [0.15, 0.2) is 0 Å². The lowest BCUT2D eigenvalue weighted by Gasteiger charge is -2.14. The lowest BCUT2D eigenvalue weighted by Crippen LogP contribution is -2.26. The summed E-state index contributed by atoms with van der Waals surface area (Å²) in [4.78, 5) is 0. The number of hydrogen-bond donors (Lipinski definition) is 2. The molecular weight excluding hydrogens is 316 g/mol. The largest absolute Gasteiger partial charge is 0.491 e. The third-order valence-corrected chi connectivity index (χ3v) is 3.20. The van der Waals surface area contributed by atoms with Gasteiger partial charge >= 0.3 is 0 Å². The van der Waals surface area contributed by atoms with E-state index in [4.69, 9.17) is 27.9 Å². The number of rotatable bonds is 6. The van der Waals surface area contributed by atoms with Crippen molar-refractivity contribution < 1.29 is 14.2 Å². The minimum atomic E-state index is -0.782. The van der Waals surface area contributed by atoms with Crippen LogP contribution in [0, 0.1) is 5.82 Å². The standard InChI is InChI=1S/C15H14Cl2FNO2/c16-10-1-4-13(5-2-10)21-9-12(20)8-19-15-6-3-11(17)7-14(15)18/h1-7,12,19-20H,8-9H2. The van der Waals surface area contributed by atoms with Crippen LogP contribution in [0.4, 0.5) is 10.1 Å². The second-order valence-electron chi connectivity index (χ2n) is 4.42. The lowest BCUT2D eigenvalue weighted by atomic mass is 10.3. The summed E-state index contributed by atoms with van der Waals surface area (Å²) in [6, 6.07) is 11.1. The minimum Gasteiger partial charge on any atom is -0.491 e. The molecule has 0 saturated carbocycles. The highest BCUT2D eigenvalue weighted by Gasteiger charge is 2.08. The molecule has 2 N–H and O–H groups in total. The lowest BCUT2D eigenvalue weighted by molar-refractivity contribution is 0.117. The Morgan fingerprint density at radius 3 is 2.43 bits per heavy atom. The van der Waals surface area contributed by atoms with Crippen LogP contribution in [-0.4, -0.2) is 24.4 Å². The molecule has 21 heavy (non-hydrogen) atoms. The molecule has 2 aromatic rings. The Morgan fingerprint density at radius 1 is 1.10 bits per heavy atom. The summed E-state index contributed by atoms with van der Waals surface area (Å²) in [5.41, 5.74) is 0.282. The van der Waals surface area contributed by atoms with Gasteiger partial charge in [0.1, 0.15) is 24.3 Å². The molecule has 3 nitrogen and oxygen atoms in total. The van der Waals surface area contributed by atoms with Crippen LogP contribution in [0.25, 0.3) is 0 Å². The number of aliphatic hydroxyl groups is 1. The van der Waals surface area contributed by atoms with Crippen LogP contribution in [0.3, 0.4) is 0 Å². The van der Waals surface area contributed by atoms with Crippen LogP contribution in [0.2, 0.25) is 10.0 Å². The fourth-order valence-corrected chi connectivity index (χ4v) is 1.93. The van der Waals surface area contributed by atoms with E-state index in [9.17, 15) is 9.50 Å². The predicted octanol–water partition coefficient (Wildman–Crippen LogP) is 3.98. The molecule has 1 unspecified atom stereocenters. The van der Waals surface area contributed by atoms with E-state index in [1.54, 1.807) is 30.3 Å². The summed E-state index contributed by atoms with van der Waals surface area (Å²) < 4.78 is 18.9. The van der Waals surface area contributed by atoms with Crippen LogP contribution in [-0.2, 0) is 0 Å². The molecule has 0 bridgehead atoms. The zero-order valence-corrected chi connectivity index (χ0v) is 12.5. The highest BCUT2D eigenvalue weighted by atomic mass is 35.5. The fourth-order valence-electron chi connectivity index (χ4n) is 1.64. The van der Waals surface area contributed by atoms with Crippen LogP contribution in [0.5, 0.6) is 5.75 Å². The van der Waals surface area contributed by atoms with Gasteiger partial charge in [-0.2, -0.15) is 0 Å². The van der Waals surface area contributed by atoms with Crippen molar-refractivity contribution in [3.63, 3.8) is 0 Å². The minimum absolute atomic E-state index is 0.0871. The van der Waals surface area contributed by atoms with Crippen molar-refractivity contribution in [2.75, 3.05) is 18.5 Å². The molecule has 2 aromatic carbocycles. The first kappa shape index (κ1) is 15.9. The van der Waals surface area contributed by atoms with Gasteiger partial charge in [-0.25, -0.2) is 4.39 Å². The van der Waals surface area contributed by atoms with Crippen molar-refractivity contribution in [2.45, 2.75) is 6.10 Å². The van der Waals surface area contributed by atoms with Gasteiger partial charge in [-0.1, -0.05) is 23.2 Å². The van der Waals surface area contributed by atoms with Crippen LogP contribution in [0.15, 0.2) is 42.5 Å². The number of halogens is 3. The third-order valence-electron chi connectivity index (χ3n) is 2.72. The van der Waals surface area contributed by atoms with Crippen LogP contribution >= 0.6 is 23.2 Å². The van der Waals surface area contributed by atoms with Crippen molar-refractivity contribution in [1.29, 1.82) is 0 Å². The predicted molar refractivity (Wildman–Crippen MR) is 82.9 cm³/mol. The van der Waals surface area contributed by atoms with Crippen molar-refractivity contribution >= 4 is 28.9 Å². The third kappa shape index (κ3) is 5.08. The van der Waals surface area contributed by atoms with Gasteiger partial charge in [0, 0.05) is 16.6 Å². The summed E-state index contributed by atoms with van der Waals surface area (Å²) in [5.74, 6) is 0.143. The van der Waals surface area contributed by atoms with Gasteiger partial charge in [-0.15, -0.1) is 0 Å². The van der Waals surface area contributed by atoms with E-state index in [2.05, 4.69) is 5.32 Å². The highest BCUT2D eigenvalue weighted by Crippen LogP contribution is 2.19. The normalized spacial score (nSPS) is 12.0. The second kappa shape index (κ2) is 7.50. The van der Waals surface area contributed by atoms with Gasteiger partial charge in [0.05, 0.1) is 5.69 Å². The monoisotopic (exact) mass is 329 g/mol. The van der Waals surface area contributed by atoms with Gasteiger partial charge in [0.2, 0.25) is 0 Å². The molecule has 0 fully saturated rings.